The predicted octanol–water partition coefficient (Wildman–Crippen LogP) is 5.66. The van der Waals surface area contributed by atoms with Crippen LogP contribution < -0.4 is 0 Å². The van der Waals surface area contributed by atoms with E-state index >= 15 is 0 Å². The van der Waals surface area contributed by atoms with Crippen LogP contribution in [0.1, 0.15) is 28.7 Å². The minimum atomic E-state index is -1.62. The van der Waals surface area contributed by atoms with Crippen molar-refractivity contribution in [2.24, 2.45) is 0 Å². The van der Waals surface area contributed by atoms with Gasteiger partial charge < -0.3 is 24.1 Å². The van der Waals surface area contributed by atoms with Gasteiger partial charge in [-0.05, 0) is 22.3 Å². The number of ether oxygens (including phenoxy) is 4. The molecular formula is C35H36O6. The zero-order valence-electron chi connectivity index (χ0n) is 23.0. The first-order chi connectivity index (χ1) is 20.1. The van der Waals surface area contributed by atoms with Gasteiger partial charge in [-0.25, -0.2) is 0 Å². The Morgan fingerprint density at radius 1 is 0.585 bits per heavy atom. The van der Waals surface area contributed by atoms with Gasteiger partial charge in [-0.3, -0.25) is 4.79 Å². The molecule has 1 aliphatic carbocycles. The number of ketones is 1. The van der Waals surface area contributed by atoms with Crippen LogP contribution in [-0.4, -0.2) is 41.4 Å². The monoisotopic (exact) mass is 552 g/mol. The molecule has 1 fully saturated rings. The first-order valence-electron chi connectivity index (χ1n) is 13.9. The second-order valence-electron chi connectivity index (χ2n) is 10.4. The lowest BCUT2D eigenvalue weighted by Crippen LogP contribution is -2.65. The molecule has 6 nitrogen and oxygen atoms in total. The summed E-state index contributed by atoms with van der Waals surface area (Å²) in [6.45, 7) is 0.903. The summed E-state index contributed by atoms with van der Waals surface area (Å²) < 4.78 is 25.1. The molecule has 0 heterocycles. The van der Waals surface area contributed by atoms with Crippen LogP contribution in [0.3, 0.4) is 0 Å². The van der Waals surface area contributed by atoms with Crippen LogP contribution in [0.15, 0.2) is 121 Å². The minimum absolute atomic E-state index is 0.0936. The zero-order valence-corrected chi connectivity index (χ0v) is 23.0. The van der Waals surface area contributed by atoms with E-state index in [1.165, 1.54) is 0 Å². The molecule has 0 aliphatic heterocycles. The molecule has 1 N–H and O–H groups in total. The smallest absolute Gasteiger partial charge is 0.167 e. The van der Waals surface area contributed by atoms with Crippen LogP contribution in [0.2, 0.25) is 0 Å². The average Bonchev–Trinajstić information content (AvgIpc) is 3.01. The van der Waals surface area contributed by atoms with Gasteiger partial charge in [0.1, 0.15) is 23.9 Å². The largest absolute Gasteiger partial charge is 0.384 e. The number of benzene rings is 4. The molecular weight excluding hydrogens is 516 g/mol. The lowest BCUT2D eigenvalue weighted by atomic mass is 9.78. The lowest BCUT2D eigenvalue weighted by Gasteiger charge is -2.46. The van der Waals surface area contributed by atoms with Crippen molar-refractivity contribution < 1.29 is 28.8 Å². The minimum Gasteiger partial charge on any atom is -0.384 e. The molecule has 4 aromatic rings. The number of Topliss-reactive ketones (excluding diaryl/α,β-unsaturated/α-hetero) is 1. The third kappa shape index (κ3) is 7.97. The summed E-state index contributed by atoms with van der Waals surface area (Å²) in [4.78, 5) is 13.6. The summed E-state index contributed by atoms with van der Waals surface area (Å²) in [7, 11) is 0. The Labute approximate surface area is 241 Å². The molecule has 0 saturated heterocycles. The first kappa shape index (κ1) is 28.9. The predicted molar refractivity (Wildman–Crippen MR) is 156 cm³/mol. The molecule has 5 rings (SSSR count). The highest BCUT2D eigenvalue weighted by Crippen LogP contribution is 2.35. The van der Waals surface area contributed by atoms with Crippen molar-refractivity contribution in [3.63, 3.8) is 0 Å². The number of hydrogen-bond donors (Lipinski definition) is 1. The Balaban J connectivity index is 1.40. The summed E-state index contributed by atoms with van der Waals surface area (Å²) in [5.74, 6) is -0.246. The molecule has 1 aliphatic rings. The number of aliphatic hydroxyl groups is 1. The first-order valence-corrected chi connectivity index (χ1v) is 13.9. The second-order valence-corrected chi connectivity index (χ2v) is 10.4. The van der Waals surface area contributed by atoms with Crippen LogP contribution in [0.25, 0.3) is 0 Å². The maximum absolute atomic E-state index is 13.6. The van der Waals surface area contributed by atoms with Gasteiger partial charge in [-0.15, -0.1) is 0 Å². The van der Waals surface area contributed by atoms with Gasteiger partial charge in [-0.2, -0.15) is 0 Å². The van der Waals surface area contributed by atoms with Crippen LogP contribution in [0, 0.1) is 0 Å². The molecule has 0 spiro atoms. The van der Waals surface area contributed by atoms with E-state index in [4.69, 9.17) is 18.9 Å². The average molecular weight is 553 g/mol. The Hall–Kier alpha value is -3.65. The summed E-state index contributed by atoms with van der Waals surface area (Å²) in [6.07, 6.45) is -2.85. The maximum atomic E-state index is 13.6. The summed E-state index contributed by atoms with van der Waals surface area (Å²) in [5.41, 5.74) is 2.18. The van der Waals surface area contributed by atoms with Crippen molar-refractivity contribution in [3.8, 4) is 0 Å². The topological polar surface area (TPSA) is 74.2 Å². The van der Waals surface area contributed by atoms with Gasteiger partial charge in [-0.1, -0.05) is 121 Å². The van der Waals surface area contributed by atoms with Gasteiger partial charge in [0, 0.05) is 6.42 Å². The number of carbonyl (C=O) groups is 1. The highest BCUT2D eigenvalue weighted by Gasteiger charge is 2.55. The summed E-state index contributed by atoms with van der Waals surface area (Å²) in [6, 6.07) is 38.9. The van der Waals surface area contributed by atoms with Crippen molar-refractivity contribution >= 4 is 5.78 Å². The zero-order chi connectivity index (χ0) is 28.3. The molecule has 4 atom stereocenters. The Morgan fingerprint density at radius 2 is 1.00 bits per heavy atom. The third-order valence-electron chi connectivity index (χ3n) is 7.22. The molecule has 4 aromatic carbocycles. The highest BCUT2D eigenvalue weighted by molar-refractivity contribution is 5.86. The molecule has 41 heavy (non-hydrogen) atoms. The van der Waals surface area contributed by atoms with Gasteiger partial charge in [0.05, 0.1) is 33.0 Å². The fourth-order valence-corrected chi connectivity index (χ4v) is 5.10. The van der Waals surface area contributed by atoms with Crippen LogP contribution in [0.5, 0.6) is 0 Å². The van der Waals surface area contributed by atoms with E-state index in [-0.39, 0.29) is 38.6 Å². The van der Waals surface area contributed by atoms with E-state index in [9.17, 15) is 9.90 Å². The van der Waals surface area contributed by atoms with E-state index in [1.807, 2.05) is 121 Å². The van der Waals surface area contributed by atoms with Crippen molar-refractivity contribution in [2.45, 2.75) is 56.8 Å². The standard InChI is InChI=1S/C35H36O6/c36-31-21-35(37,26-38-22-27-13-5-1-6-14-27)34(41-25-30-19-11-4-12-20-30)33(40-24-29-17-9-3-10-18-29)32(31)39-23-28-15-7-2-8-16-28/h1-20,32-34,37H,21-26H2/t32-,33+,34-,35+/m0/s1. The molecule has 0 bridgehead atoms. The van der Waals surface area contributed by atoms with Crippen molar-refractivity contribution in [2.75, 3.05) is 6.61 Å². The van der Waals surface area contributed by atoms with Crippen LogP contribution >= 0.6 is 0 Å². The van der Waals surface area contributed by atoms with E-state index < -0.39 is 23.9 Å². The quantitative estimate of drug-likeness (QED) is 0.231. The summed E-state index contributed by atoms with van der Waals surface area (Å²) >= 11 is 0. The van der Waals surface area contributed by atoms with Gasteiger partial charge >= 0.3 is 0 Å². The van der Waals surface area contributed by atoms with Crippen molar-refractivity contribution in [3.05, 3.63) is 144 Å². The van der Waals surface area contributed by atoms with E-state index in [0.717, 1.165) is 22.3 Å². The molecule has 0 amide bonds. The normalized spacial score (nSPS) is 22.5. The van der Waals surface area contributed by atoms with Crippen LogP contribution in [0.4, 0.5) is 0 Å². The molecule has 1 saturated carbocycles. The van der Waals surface area contributed by atoms with Crippen molar-refractivity contribution in [1.82, 2.24) is 0 Å². The lowest BCUT2D eigenvalue weighted by molar-refractivity contribution is -0.240. The van der Waals surface area contributed by atoms with Gasteiger partial charge in [0.25, 0.3) is 0 Å². The molecule has 0 aromatic heterocycles. The molecule has 0 radical (unpaired) electrons. The molecule has 212 valence electrons. The number of hydrogen-bond acceptors (Lipinski definition) is 6. The van der Waals surface area contributed by atoms with E-state index in [1.54, 1.807) is 0 Å². The van der Waals surface area contributed by atoms with Gasteiger partial charge in [0.2, 0.25) is 0 Å². The van der Waals surface area contributed by atoms with E-state index in [2.05, 4.69) is 0 Å². The SMILES string of the molecule is O=C1C[C@@](O)(COCc2ccccc2)[C@@H](OCc2ccccc2)[C@H](OCc2ccccc2)[C@H]1OCc1ccccc1. The number of carbonyl (C=O) groups excluding carboxylic acids is 1. The Kier molecular flexibility index (Phi) is 10.1. The Bertz CT molecular complexity index is 1330. The second kappa shape index (κ2) is 14.3. The highest BCUT2D eigenvalue weighted by atomic mass is 16.6. The van der Waals surface area contributed by atoms with E-state index in [0.29, 0.717) is 6.61 Å². The maximum Gasteiger partial charge on any atom is 0.167 e. The Morgan fingerprint density at radius 3 is 1.49 bits per heavy atom. The molecule has 6 heteroatoms. The van der Waals surface area contributed by atoms with Crippen LogP contribution in [-0.2, 0) is 50.2 Å². The van der Waals surface area contributed by atoms with Gasteiger partial charge in [0.15, 0.2) is 5.78 Å². The molecule has 0 unspecified atom stereocenters. The number of rotatable bonds is 13. The third-order valence-corrected chi connectivity index (χ3v) is 7.22. The fourth-order valence-electron chi connectivity index (χ4n) is 5.10. The fraction of sp³-hybridized carbons (Fsp3) is 0.286. The van der Waals surface area contributed by atoms with Crippen molar-refractivity contribution in [1.29, 1.82) is 0 Å². The summed E-state index contributed by atoms with van der Waals surface area (Å²) in [5, 5.41) is 12.0.